The molecule has 1 N–H and O–H groups in total. The van der Waals surface area contributed by atoms with Gasteiger partial charge in [-0.25, -0.2) is 0 Å². The van der Waals surface area contributed by atoms with Gasteiger partial charge in [-0.2, -0.15) is 11.8 Å². The van der Waals surface area contributed by atoms with Crippen LogP contribution in [0.5, 0.6) is 5.75 Å². The molecule has 1 fully saturated rings. The predicted octanol–water partition coefficient (Wildman–Crippen LogP) is 3.04. The van der Waals surface area contributed by atoms with E-state index in [0.717, 1.165) is 24.2 Å². The number of thioether (sulfide) groups is 1. The van der Waals surface area contributed by atoms with Crippen molar-refractivity contribution in [2.45, 2.75) is 36.5 Å². The van der Waals surface area contributed by atoms with Gasteiger partial charge >= 0.3 is 0 Å². The lowest BCUT2D eigenvalue weighted by Crippen LogP contribution is -2.37. The summed E-state index contributed by atoms with van der Waals surface area (Å²) in [6, 6.07) is 9.15. The molecule has 0 bridgehead atoms. The van der Waals surface area contributed by atoms with Gasteiger partial charge < -0.3 is 10.1 Å². The second-order valence-electron chi connectivity index (χ2n) is 5.27. The average molecular weight is 263 g/mol. The molecule has 2 nitrogen and oxygen atoms in total. The van der Waals surface area contributed by atoms with Crippen molar-refractivity contribution in [3.8, 4) is 5.75 Å². The van der Waals surface area contributed by atoms with Crippen molar-refractivity contribution in [3.05, 3.63) is 29.8 Å². The second-order valence-corrected chi connectivity index (χ2v) is 6.34. The van der Waals surface area contributed by atoms with Gasteiger partial charge in [-0.05, 0) is 25.2 Å². The largest absolute Gasteiger partial charge is 0.493 e. The molecule has 0 saturated heterocycles. The Labute approximate surface area is 113 Å². The number of nitrogens with one attached hydrogen (secondary N) is 1. The highest BCUT2D eigenvalue weighted by atomic mass is 32.2. The molecule has 2 aliphatic rings. The van der Waals surface area contributed by atoms with E-state index in [0.29, 0.717) is 12.0 Å². The molecule has 1 aliphatic heterocycles. The first-order valence-electron chi connectivity index (χ1n) is 6.86. The maximum absolute atomic E-state index is 5.73. The topological polar surface area (TPSA) is 21.3 Å². The minimum absolute atomic E-state index is 0.532. The van der Waals surface area contributed by atoms with Crippen molar-refractivity contribution in [2.24, 2.45) is 0 Å². The van der Waals surface area contributed by atoms with Gasteiger partial charge in [0.2, 0.25) is 0 Å². The summed E-state index contributed by atoms with van der Waals surface area (Å²) in [5.74, 6) is 1.61. The van der Waals surface area contributed by atoms with E-state index in [1.807, 2.05) is 11.8 Å². The first-order valence-corrected chi connectivity index (χ1v) is 8.15. The molecule has 1 aliphatic carbocycles. The molecule has 0 radical (unpaired) electrons. The van der Waals surface area contributed by atoms with Gasteiger partial charge in [0.25, 0.3) is 0 Å². The van der Waals surface area contributed by atoms with Crippen LogP contribution in [0.25, 0.3) is 0 Å². The standard InChI is InChI=1S/C15H21NOS/c1-18-15-8-4-6-13(15)16-9-11-10-17-14-7-3-2-5-12(11)14/h2-3,5,7,11,13,15-16H,4,6,8-10H2,1H3. The minimum atomic E-state index is 0.532. The van der Waals surface area contributed by atoms with E-state index < -0.39 is 0 Å². The Morgan fingerprint density at radius 1 is 1.33 bits per heavy atom. The molecule has 0 amide bonds. The number of benzene rings is 1. The Hall–Kier alpha value is -0.670. The summed E-state index contributed by atoms with van der Waals surface area (Å²) in [7, 11) is 0. The second kappa shape index (κ2) is 5.54. The highest BCUT2D eigenvalue weighted by Gasteiger charge is 2.29. The third-order valence-electron chi connectivity index (χ3n) is 4.18. The quantitative estimate of drug-likeness (QED) is 0.902. The minimum Gasteiger partial charge on any atom is -0.493 e. The Kier molecular flexibility index (Phi) is 3.80. The van der Waals surface area contributed by atoms with E-state index in [2.05, 4.69) is 35.8 Å². The maximum Gasteiger partial charge on any atom is 0.122 e. The fraction of sp³-hybridized carbons (Fsp3) is 0.600. The third kappa shape index (κ3) is 2.39. The van der Waals surface area contributed by atoms with Crippen molar-refractivity contribution in [2.75, 3.05) is 19.4 Å². The van der Waals surface area contributed by atoms with Gasteiger partial charge in [-0.1, -0.05) is 24.6 Å². The number of para-hydroxylation sites is 1. The summed E-state index contributed by atoms with van der Waals surface area (Å²) in [5.41, 5.74) is 1.38. The zero-order chi connectivity index (χ0) is 12.4. The van der Waals surface area contributed by atoms with Crippen LogP contribution in [0.15, 0.2) is 24.3 Å². The highest BCUT2D eigenvalue weighted by molar-refractivity contribution is 7.99. The lowest BCUT2D eigenvalue weighted by Gasteiger charge is -2.21. The van der Waals surface area contributed by atoms with Crippen LogP contribution in [0.1, 0.15) is 30.7 Å². The smallest absolute Gasteiger partial charge is 0.122 e. The molecule has 0 spiro atoms. The van der Waals surface area contributed by atoms with Gasteiger partial charge in [-0.3, -0.25) is 0 Å². The molecule has 3 unspecified atom stereocenters. The van der Waals surface area contributed by atoms with Gasteiger partial charge in [0.15, 0.2) is 0 Å². The first-order chi connectivity index (χ1) is 8.88. The molecule has 3 heteroatoms. The van der Waals surface area contributed by atoms with E-state index >= 15 is 0 Å². The predicted molar refractivity (Wildman–Crippen MR) is 77.6 cm³/mol. The molecule has 18 heavy (non-hydrogen) atoms. The van der Waals surface area contributed by atoms with Crippen molar-refractivity contribution in [1.29, 1.82) is 0 Å². The molecular weight excluding hydrogens is 242 g/mol. The Balaban J connectivity index is 1.58. The Bertz CT molecular complexity index is 409. The average Bonchev–Trinajstić information content (AvgIpc) is 3.02. The number of ether oxygens (including phenoxy) is 1. The number of hydrogen-bond donors (Lipinski definition) is 1. The van der Waals surface area contributed by atoms with Crippen LogP contribution in [0.3, 0.4) is 0 Å². The molecule has 3 rings (SSSR count). The van der Waals surface area contributed by atoms with Gasteiger partial charge in [0, 0.05) is 29.3 Å². The van der Waals surface area contributed by atoms with E-state index in [4.69, 9.17) is 4.74 Å². The van der Waals surface area contributed by atoms with Crippen molar-refractivity contribution in [3.63, 3.8) is 0 Å². The van der Waals surface area contributed by atoms with Crippen LogP contribution in [-0.4, -0.2) is 30.7 Å². The Morgan fingerprint density at radius 2 is 2.22 bits per heavy atom. The zero-order valence-electron chi connectivity index (χ0n) is 10.9. The van der Waals surface area contributed by atoms with E-state index in [9.17, 15) is 0 Å². The normalized spacial score (nSPS) is 30.2. The first kappa shape index (κ1) is 12.4. The van der Waals surface area contributed by atoms with Gasteiger partial charge in [0.1, 0.15) is 5.75 Å². The lowest BCUT2D eigenvalue weighted by atomic mass is 10.0. The van der Waals surface area contributed by atoms with Crippen LogP contribution in [0.2, 0.25) is 0 Å². The molecule has 1 saturated carbocycles. The van der Waals surface area contributed by atoms with Crippen LogP contribution in [0.4, 0.5) is 0 Å². The van der Waals surface area contributed by atoms with Crippen LogP contribution >= 0.6 is 11.8 Å². The molecule has 1 heterocycles. The molecular formula is C15H21NOS. The SMILES string of the molecule is CSC1CCCC1NCC1COc2ccccc21. The van der Waals surface area contributed by atoms with E-state index in [-0.39, 0.29) is 0 Å². The summed E-state index contributed by atoms with van der Waals surface area (Å²) in [4.78, 5) is 0. The van der Waals surface area contributed by atoms with Crippen LogP contribution in [0, 0.1) is 0 Å². The van der Waals surface area contributed by atoms with Crippen LogP contribution in [-0.2, 0) is 0 Å². The zero-order valence-corrected chi connectivity index (χ0v) is 11.7. The summed E-state index contributed by atoms with van der Waals surface area (Å²) < 4.78 is 5.73. The van der Waals surface area contributed by atoms with E-state index in [1.165, 1.54) is 24.8 Å². The lowest BCUT2D eigenvalue weighted by molar-refractivity contribution is 0.322. The summed E-state index contributed by atoms with van der Waals surface area (Å²) in [6.07, 6.45) is 6.32. The molecule has 1 aromatic rings. The molecule has 1 aromatic carbocycles. The maximum atomic E-state index is 5.73. The van der Waals surface area contributed by atoms with Crippen molar-refractivity contribution < 1.29 is 4.74 Å². The molecule has 98 valence electrons. The van der Waals surface area contributed by atoms with Gasteiger partial charge in [-0.15, -0.1) is 0 Å². The number of rotatable bonds is 4. The summed E-state index contributed by atoms with van der Waals surface area (Å²) in [5, 5.41) is 4.57. The molecule has 0 aromatic heterocycles. The summed E-state index contributed by atoms with van der Waals surface area (Å²) >= 11 is 2.01. The van der Waals surface area contributed by atoms with Gasteiger partial charge in [0.05, 0.1) is 6.61 Å². The third-order valence-corrected chi connectivity index (χ3v) is 5.35. The fourth-order valence-corrected chi connectivity index (χ4v) is 4.10. The fourth-order valence-electron chi connectivity index (χ4n) is 3.13. The summed E-state index contributed by atoms with van der Waals surface area (Å²) in [6.45, 7) is 1.89. The van der Waals surface area contributed by atoms with Crippen molar-refractivity contribution >= 4 is 11.8 Å². The number of fused-ring (bicyclic) bond motifs is 1. The van der Waals surface area contributed by atoms with E-state index in [1.54, 1.807) is 0 Å². The van der Waals surface area contributed by atoms with Crippen molar-refractivity contribution in [1.82, 2.24) is 5.32 Å². The monoisotopic (exact) mass is 263 g/mol. The Morgan fingerprint density at radius 3 is 3.11 bits per heavy atom. The molecule has 3 atom stereocenters. The highest BCUT2D eigenvalue weighted by Crippen LogP contribution is 2.34. The van der Waals surface area contributed by atoms with Crippen LogP contribution < -0.4 is 10.1 Å². The number of hydrogen-bond acceptors (Lipinski definition) is 3.